The van der Waals surface area contributed by atoms with E-state index in [1.165, 1.54) is 75.8 Å². The van der Waals surface area contributed by atoms with Crippen LogP contribution in [0.5, 0.6) is 0 Å². The van der Waals surface area contributed by atoms with E-state index in [2.05, 4.69) is 147 Å². The molecule has 1 spiro atoms. The minimum Gasteiger partial charge on any atom is -0.359 e. The number of benzene rings is 6. The van der Waals surface area contributed by atoms with Crippen LogP contribution in [0.1, 0.15) is 36.1 Å². The fourth-order valence-electron chi connectivity index (χ4n) is 7.38. The topological polar surface area (TPSA) is 12.5 Å². The van der Waals surface area contributed by atoms with Gasteiger partial charge in [-0.15, -0.1) is 11.3 Å². The molecular formula is C41H30OS. The summed E-state index contributed by atoms with van der Waals surface area (Å²) in [5.74, 6) is 0. The van der Waals surface area contributed by atoms with E-state index in [4.69, 9.17) is 4.74 Å². The number of fused-ring (bicyclic) bond motifs is 7. The molecule has 1 saturated heterocycles. The number of hydrogen-bond donors (Lipinski definition) is 0. The highest BCUT2D eigenvalue weighted by Gasteiger charge is 2.56. The maximum Gasteiger partial charge on any atom is 0.142 e. The highest BCUT2D eigenvalue weighted by molar-refractivity contribution is 7.26. The molecule has 1 atom stereocenters. The number of rotatable bonds is 3. The van der Waals surface area contributed by atoms with E-state index in [0.717, 1.165) is 6.61 Å². The normalized spacial score (nSPS) is 18.1. The first kappa shape index (κ1) is 25.0. The minimum atomic E-state index is -0.309. The lowest BCUT2D eigenvalue weighted by molar-refractivity contribution is 0.334. The molecule has 1 nitrogen and oxygen atoms in total. The average Bonchev–Trinajstić information content (AvgIpc) is 3.77. The summed E-state index contributed by atoms with van der Waals surface area (Å²) in [5, 5.41) is 2.67. The van der Waals surface area contributed by atoms with Gasteiger partial charge < -0.3 is 4.74 Å². The standard InChI is InChI=1S/C41H30OS/c1-40(2)34-17-4-5-18-36(34)41(25-42-41)37-24-29(20-21-35(37)40)27-11-7-10-26(22-27)28-12-8-13-30(23-28)31-15-9-16-33-32-14-3-6-19-38(32)43-39(31)33/h3-24H,25H2,1-2H3. The predicted octanol–water partition coefficient (Wildman–Crippen LogP) is 11.0. The van der Waals surface area contributed by atoms with Gasteiger partial charge in [0.15, 0.2) is 0 Å². The lowest BCUT2D eigenvalue weighted by atomic mass is 9.65. The Balaban J connectivity index is 1.12. The summed E-state index contributed by atoms with van der Waals surface area (Å²) in [7, 11) is 0. The smallest absolute Gasteiger partial charge is 0.142 e. The number of epoxide rings is 1. The zero-order valence-corrected chi connectivity index (χ0v) is 25.0. The number of ether oxygens (including phenoxy) is 1. The lowest BCUT2D eigenvalue weighted by Crippen LogP contribution is -2.33. The van der Waals surface area contributed by atoms with Crippen LogP contribution >= 0.6 is 11.3 Å². The summed E-state index contributed by atoms with van der Waals surface area (Å²) in [4.78, 5) is 0. The largest absolute Gasteiger partial charge is 0.359 e. The van der Waals surface area contributed by atoms with Crippen LogP contribution in [0.15, 0.2) is 133 Å². The van der Waals surface area contributed by atoms with Crippen LogP contribution in [0.4, 0.5) is 0 Å². The predicted molar refractivity (Wildman–Crippen MR) is 181 cm³/mol. The second-order valence-corrected chi connectivity index (χ2v) is 13.5. The van der Waals surface area contributed by atoms with Crippen molar-refractivity contribution in [3.8, 4) is 33.4 Å². The molecule has 2 aliphatic rings. The molecule has 43 heavy (non-hydrogen) atoms. The third kappa shape index (κ3) is 3.67. The molecule has 0 bridgehead atoms. The molecule has 0 radical (unpaired) electrons. The molecule has 1 aliphatic heterocycles. The van der Waals surface area contributed by atoms with Gasteiger partial charge in [0.2, 0.25) is 0 Å². The van der Waals surface area contributed by atoms with Crippen molar-refractivity contribution in [3.05, 3.63) is 156 Å². The summed E-state index contributed by atoms with van der Waals surface area (Å²) in [6.45, 7) is 5.43. The van der Waals surface area contributed by atoms with Crippen LogP contribution in [-0.2, 0) is 15.8 Å². The van der Waals surface area contributed by atoms with E-state index in [0.29, 0.717) is 0 Å². The maximum atomic E-state index is 6.27. The van der Waals surface area contributed by atoms with Gasteiger partial charge in [-0.25, -0.2) is 0 Å². The van der Waals surface area contributed by atoms with Crippen LogP contribution in [-0.4, -0.2) is 6.61 Å². The van der Waals surface area contributed by atoms with Crippen molar-refractivity contribution in [2.75, 3.05) is 6.61 Å². The SMILES string of the molecule is CC1(C)c2ccccc2C2(CO2)c2cc(-c3cccc(-c4cccc(-c5cccc6c5sc5ccccc56)c4)c3)ccc21. The van der Waals surface area contributed by atoms with Crippen molar-refractivity contribution in [2.45, 2.75) is 24.9 Å². The molecule has 2 heterocycles. The molecular weight excluding hydrogens is 541 g/mol. The van der Waals surface area contributed by atoms with E-state index in [1.54, 1.807) is 0 Å². The van der Waals surface area contributed by atoms with Crippen molar-refractivity contribution in [1.29, 1.82) is 0 Å². The van der Waals surface area contributed by atoms with Crippen molar-refractivity contribution in [2.24, 2.45) is 0 Å². The Kier molecular flexibility index (Phi) is 5.24. The monoisotopic (exact) mass is 570 g/mol. The number of thiophene rings is 1. The Morgan fingerprint density at radius 2 is 1.09 bits per heavy atom. The quantitative estimate of drug-likeness (QED) is 0.193. The van der Waals surface area contributed by atoms with Gasteiger partial charge in [0.25, 0.3) is 0 Å². The minimum absolute atomic E-state index is 0.0682. The van der Waals surface area contributed by atoms with Crippen molar-refractivity contribution >= 4 is 31.5 Å². The van der Waals surface area contributed by atoms with E-state index < -0.39 is 0 Å². The molecule has 1 fully saturated rings. The first-order valence-corrected chi connectivity index (χ1v) is 15.9. The Labute approximate surface area is 256 Å². The van der Waals surface area contributed by atoms with Crippen LogP contribution in [0.25, 0.3) is 53.6 Å². The van der Waals surface area contributed by atoms with Crippen LogP contribution < -0.4 is 0 Å². The Morgan fingerprint density at radius 3 is 1.86 bits per heavy atom. The van der Waals surface area contributed by atoms with Gasteiger partial charge in [-0.2, -0.15) is 0 Å². The molecule has 9 rings (SSSR count). The van der Waals surface area contributed by atoms with E-state index in [1.807, 2.05) is 11.3 Å². The molecule has 1 unspecified atom stereocenters. The van der Waals surface area contributed by atoms with E-state index in [9.17, 15) is 0 Å². The van der Waals surface area contributed by atoms with Gasteiger partial charge in [0.1, 0.15) is 5.60 Å². The third-order valence-electron chi connectivity index (χ3n) is 9.70. The first-order valence-electron chi connectivity index (χ1n) is 15.0. The summed E-state index contributed by atoms with van der Waals surface area (Å²) in [6, 6.07) is 49.3. The number of hydrogen-bond acceptors (Lipinski definition) is 2. The molecule has 6 aromatic carbocycles. The van der Waals surface area contributed by atoms with Gasteiger partial charge in [-0.1, -0.05) is 123 Å². The molecule has 1 aliphatic carbocycles. The summed E-state index contributed by atoms with van der Waals surface area (Å²) in [5.41, 5.74) is 12.5. The highest BCUT2D eigenvalue weighted by atomic mass is 32.1. The van der Waals surface area contributed by atoms with Crippen molar-refractivity contribution in [1.82, 2.24) is 0 Å². The zero-order chi connectivity index (χ0) is 28.8. The molecule has 7 aromatic rings. The average molecular weight is 571 g/mol. The van der Waals surface area contributed by atoms with Gasteiger partial charge in [-0.3, -0.25) is 0 Å². The fourth-order valence-corrected chi connectivity index (χ4v) is 8.61. The maximum absolute atomic E-state index is 6.27. The van der Waals surface area contributed by atoms with Gasteiger partial charge in [0, 0.05) is 25.6 Å². The second kappa shape index (κ2) is 9.00. The second-order valence-electron chi connectivity index (χ2n) is 12.5. The van der Waals surface area contributed by atoms with E-state index in [-0.39, 0.29) is 11.0 Å². The first-order chi connectivity index (χ1) is 21.0. The summed E-state index contributed by atoms with van der Waals surface area (Å²) < 4.78 is 8.96. The highest BCUT2D eigenvalue weighted by Crippen LogP contribution is 2.57. The zero-order valence-electron chi connectivity index (χ0n) is 24.2. The molecule has 206 valence electrons. The van der Waals surface area contributed by atoms with Gasteiger partial charge >= 0.3 is 0 Å². The fraction of sp³-hybridized carbons (Fsp3) is 0.122. The lowest BCUT2D eigenvalue weighted by Gasteiger charge is -2.38. The van der Waals surface area contributed by atoms with Crippen molar-refractivity contribution in [3.63, 3.8) is 0 Å². The van der Waals surface area contributed by atoms with Crippen LogP contribution in [0.3, 0.4) is 0 Å². The summed E-state index contributed by atoms with van der Waals surface area (Å²) in [6.07, 6.45) is 0. The Bertz CT molecular complexity index is 2230. The Hall–Kier alpha value is -4.50. The third-order valence-corrected chi connectivity index (χ3v) is 10.9. The van der Waals surface area contributed by atoms with Crippen LogP contribution in [0, 0.1) is 0 Å². The molecule has 0 saturated carbocycles. The molecule has 0 N–H and O–H groups in total. The van der Waals surface area contributed by atoms with Gasteiger partial charge in [-0.05, 0) is 79.9 Å². The summed E-state index contributed by atoms with van der Waals surface area (Å²) >= 11 is 1.89. The van der Waals surface area contributed by atoms with E-state index >= 15 is 0 Å². The Morgan fingerprint density at radius 1 is 0.512 bits per heavy atom. The van der Waals surface area contributed by atoms with Crippen LogP contribution in [0.2, 0.25) is 0 Å². The van der Waals surface area contributed by atoms with Gasteiger partial charge in [0.05, 0.1) is 6.61 Å². The molecule has 2 heteroatoms. The van der Waals surface area contributed by atoms with Crippen molar-refractivity contribution < 1.29 is 4.74 Å². The molecule has 0 amide bonds. The molecule has 1 aromatic heterocycles.